The van der Waals surface area contributed by atoms with Gasteiger partial charge in [-0.1, -0.05) is 33.3 Å². The van der Waals surface area contributed by atoms with Crippen LogP contribution in [-0.4, -0.2) is 40.8 Å². The van der Waals surface area contributed by atoms with E-state index in [-0.39, 0.29) is 0 Å². The molecular weight excluding hydrogens is 320 g/mol. The maximum absolute atomic E-state index is 5.45. The van der Waals surface area contributed by atoms with E-state index in [1.54, 1.807) is 0 Å². The molecule has 1 atom stereocenters. The maximum Gasteiger partial charge on any atom is 0.0843 e. The minimum Gasteiger partial charge on any atom is -0.379 e. The van der Waals surface area contributed by atoms with Gasteiger partial charge in [0.1, 0.15) is 0 Å². The summed E-state index contributed by atoms with van der Waals surface area (Å²) in [5.74, 6) is 0. The van der Waals surface area contributed by atoms with Crippen molar-refractivity contribution in [1.29, 1.82) is 0 Å². The molecular formula is C14H17BrN4O. The van der Waals surface area contributed by atoms with Gasteiger partial charge in [0.15, 0.2) is 0 Å². The molecule has 1 aromatic heterocycles. The monoisotopic (exact) mass is 336 g/mol. The molecule has 1 aromatic carbocycles. The second-order valence-corrected chi connectivity index (χ2v) is 5.88. The molecule has 3 rings (SSSR count). The molecule has 0 radical (unpaired) electrons. The number of morpholine rings is 1. The highest BCUT2D eigenvalue weighted by Crippen LogP contribution is 2.12. The molecule has 1 unspecified atom stereocenters. The molecule has 0 aliphatic carbocycles. The highest BCUT2D eigenvalue weighted by Gasteiger charge is 2.15. The Hall–Kier alpha value is -1.24. The summed E-state index contributed by atoms with van der Waals surface area (Å²) in [4.78, 5) is 0. The van der Waals surface area contributed by atoms with E-state index in [9.17, 15) is 0 Å². The third-order valence-corrected chi connectivity index (χ3v) is 3.77. The van der Waals surface area contributed by atoms with E-state index in [1.165, 1.54) is 5.56 Å². The first-order valence-electron chi connectivity index (χ1n) is 6.74. The Morgan fingerprint density at radius 1 is 1.45 bits per heavy atom. The molecule has 20 heavy (non-hydrogen) atoms. The molecule has 106 valence electrons. The average Bonchev–Trinajstić information content (AvgIpc) is 2.87. The Labute approximate surface area is 126 Å². The van der Waals surface area contributed by atoms with Crippen molar-refractivity contribution in [2.75, 3.05) is 19.8 Å². The van der Waals surface area contributed by atoms with Crippen LogP contribution in [0.2, 0.25) is 0 Å². The van der Waals surface area contributed by atoms with Crippen molar-refractivity contribution in [2.24, 2.45) is 0 Å². The smallest absolute Gasteiger partial charge is 0.0843 e. The lowest BCUT2D eigenvalue weighted by atomic mass is 10.1. The van der Waals surface area contributed by atoms with Gasteiger partial charge in [-0.25, -0.2) is 4.68 Å². The molecule has 0 bridgehead atoms. The standard InChI is InChI=1S/C14H17BrN4O/c15-12-3-1-2-11(6-12)8-19-9-13(17-18-19)7-14-10-20-5-4-16-14/h1-3,6,9,14,16H,4-5,7-8,10H2. The predicted octanol–water partition coefficient (Wildman–Crippen LogP) is 1.62. The van der Waals surface area contributed by atoms with Crippen molar-refractivity contribution in [2.45, 2.75) is 19.0 Å². The molecule has 5 nitrogen and oxygen atoms in total. The van der Waals surface area contributed by atoms with E-state index in [1.807, 2.05) is 23.0 Å². The fourth-order valence-corrected chi connectivity index (χ4v) is 2.78. The fourth-order valence-electron chi connectivity index (χ4n) is 2.34. The van der Waals surface area contributed by atoms with Crippen LogP contribution in [0.1, 0.15) is 11.3 Å². The van der Waals surface area contributed by atoms with Crippen LogP contribution in [0.5, 0.6) is 0 Å². The zero-order chi connectivity index (χ0) is 13.8. The molecule has 0 spiro atoms. The number of nitrogens with zero attached hydrogens (tertiary/aromatic N) is 3. The number of ether oxygens (including phenoxy) is 1. The van der Waals surface area contributed by atoms with Gasteiger partial charge >= 0.3 is 0 Å². The number of halogens is 1. The summed E-state index contributed by atoms with van der Waals surface area (Å²) < 4.78 is 8.41. The number of rotatable bonds is 4. The summed E-state index contributed by atoms with van der Waals surface area (Å²) in [5.41, 5.74) is 2.21. The summed E-state index contributed by atoms with van der Waals surface area (Å²) in [7, 11) is 0. The maximum atomic E-state index is 5.45. The summed E-state index contributed by atoms with van der Waals surface area (Å²) in [6, 6.07) is 8.58. The average molecular weight is 337 g/mol. The molecule has 1 N–H and O–H groups in total. The normalized spacial score (nSPS) is 19.1. The van der Waals surface area contributed by atoms with Gasteiger partial charge < -0.3 is 10.1 Å². The molecule has 0 amide bonds. The molecule has 0 saturated carbocycles. The third-order valence-electron chi connectivity index (χ3n) is 3.27. The van der Waals surface area contributed by atoms with Crippen LogP contribution >= 0.6 is 15.9 Å². The van der Waals surface area contributed by atoms with Gasteiger partial charge in [-0.2, -0.15) is 0 Å². The van der Waals surface area contributed by atoms with Gasteiger partial charge in [0.2, 0.25) is 0 Å². The zero-order valence-electron chi connectivity index (χ0n) is 11.1. The van der Waals surface area contributed by atoms with Gasteiger partial charge in [-0.15, -0.1) is 5.10 Å². The molecule has 1 aliphatic rings. The SMILES string of the molecule is Brc1cccc(Cn2cc(CC3COCCN3)nn2)c1. The van der Waals surface area contributed by atoms with Gasteiger partial charge in [-0.3, -0.25) is 0 Å². The van der Waals surface area contributed by atoms with Gasteiger partial charge in [0, 0.05) is 29.7 Å². The highest BCUT2D eigenvalue weighted by atomic mass is 79.9. The lowest BCUT2D eigenvalue weighted by Crippen LogP contribution is -2.42. The van der Waals surface area contributed by atoms with E-state index in [4.69, 9.17) is 4.74 Å². The Morgan fingerprint density at radius 3 is 3.20 bits per heavy atom. The minimum absolute atomic E-state index is 0.347. The van der Waals surface area contributed by atoms with Crippen molar-refractivity contribution in [3.63, 3.8) is 0 Å². The number of nitrogens with one attached hydrogen (secondary N) is 1. The summed E-state index contributed by atoms with van der Waals surface area (Å²) in [6.45, 7) is 3.20. The van der Waals surface area contributed by atoms with Crippen LogP contribution in [0, 0.1) is 0 Å². The van der Waals surface area contributed by atoms with Crippen LogP contribution in [0.4, 0.5) is 0 Å². The van der Waals surface area contributed by atoms with Crippen molar-refractivity contribution >= 4 is 15.9 Å². The van der Waals surface area contributed by atoms with Gasteiger partial charge in [0.05, 0.1) is 25.5 Å². The summed E-state index contributed by atoms with van der Waals surface area (Å²) >= 11 is 3.48. The Bertz CT molecular complexity index is 566. The van der Waals surface area contributed by atoms with Crippen molar-refractivity contribution in [1.82, 2.24) is 20.3 Å². The van der Waals surface area contributed by atoms with Crippen molar-refractivity contribution in [3.8, 4) is 0 Å². The Morgan fingerprint density at radius 2 is 2.40 bits per heavy atom. The van der Waals surface area contributed by atoms with Crippen LogP contribution < -0.4 is 5.32 Å². The van der Waals surface area contributed by atoms with Crippen LogP contribution in [0.15, 0.2) is 34.9 Å². The fraction of sp³-hybridized carbons (Fsp3) is 0.429. The zero-order valence-corrected chi connectivity index (χ0v) is 12.7. The van der Waals surface area contributed by atoms with Crippen LogP contribution in [-0.2, 0) is 17.7 Å². The van der Waals surface area contributed by atoms with E-state index >= 15 is 0 Å². The first kappa shape index (κ1) is 13.7. The summed E-state index contributed by atoms with van der Waals surface area (Å²) in [6.07, 6.45) is 2.87. The molecule has 2 heterocycles. The topological polar surface area (TPSA) is 52.0 Å². The quantitative estimate of drug-likeness (QED) is 0.921. The highest BCUT2D eigenvalue weighted by molar-refractivity contribution is 9.10. The van der Waals surface area contributed by atoms with E-state index in [0.717, 1.165) is 42.9 Å². The second kappa shape index (κ2) is 6.47. The largest absolute Gasteiger partial charge is 0.379 e. The molecule has 6 heteroatoms. The van der Waals surface area contributed by atoms with E-state index in [2.05, 4.69) is 43.7 Å². The number of aromatic nitrogens is 3. The third kappa shape index (κ3) is 3.65. The molecule has 1 saturated heterocycles. The minimum atomic E-state index is 0.347. The first-order chi connectivity index (χ1) is 9.79. The van der Waals surface area contributed by atoms with Gasteiger partial charge in [-0.05, 0) is 17.7 Å². The Balaban J connectivity index is 1.61. The predicted molar refractivity (Wildman–Crippen MR) is 79.6 cm³/mol. The van der Waals surface area contributed by atoms with Crippen molar-refractivity contribution in [3.05, 3.63) is 46.2 Å². The number of benzene rings is 1. The second-order valence-electron chi connectivity index (χ2n) is 4.97. The number of hydrogen-bond acceptors (Lipinski definition) is 4. The lowest BCUT2D eigenvalue weighted by molar-refractivity contribution is 0.0767. The van der Waals surface area contributed by atoms with E-state index < -0.39 is 0 Å². The first-order valence-corrected chi connectivity index (χ1v) is 7.53. The summed E-state index contributed by atoms with van der Waals surface area (Å²) in [5, 5.41) is 11.8. The van der Waals surface area contributed by atoms with E-state index in [0.29, 0.717) is 6.04 Å². The van der Waals surface area contributed by atoms with Crippen LogP contribution in [0.25, 0.3) is 0 Å². The number of hydrogen-bond donors (Lipinski definition) is 1. The van der Waals surface area contributed by atoms with Crippen molar-refractivity contribution < 1.29 is 4.74 Å². The molecule has 1 fully saturated rings. The van der Waals surface area contributed by atoms with Crippen LogP contribution in [0.3, 0.4) is 0 Å². The lowest BCUT2D eigenvalue weighted by Gasteiger charge is -2.22. The van der Waals surface area contributed by atoms with Gasteiger partial charge in [0.25, 0.3) is 0 Å². The Kier molecular flexibility index (Phi) is 4.44. The molecule has 1 aliphatic heterocycles. The molecule has 2 aromatic rings.